The first kappa shape index (κ1) is 22.1. The average Bonchev–Trinajstić information content (AvgIpc) is 2.68. The lowest BCUT2D eigenvalue weighted by molar-refractivity contribution is 0.102. The van der Waals surface area contributed by atoms with Crippen LogP contribution in [0.1, 0.15) is 21.5 Å². The van der Waals surface area contributed by atoms with Gasteiger partial charge in [0.2, 0.25) is 0 Å². The van der Waals surface area contributed by atoms with Crippen LogP contribution in [0, 0.1) is 17.4 Å². The Hall–Kier alpha value is -2.59. The number of sulfonamides is 1. The monoisotopic (exact) mass is 536 g/mol. The molecule has 0 atom stereocenters. The summed E-state index contributed by atoms with van der Waals surface area (Å²) in [5.41, 5.74) is 3.40. The van der Waals surface area contributed by atoms with Gasteiger partial charge in [-0.15, -0.1) is 0 Å². The summed E-state index contributed by atoms with van der Waals surface area (Å²) in [5, 5.41) is 2.79. The number of amides is 1. The van der Waals surface area contributed by atoms with Gasteiger partial charge in [-0.25, -0.2) is 8.42 Å². The molecule has 3 aromatic carbocycles. The molecule has 0 aliphatic heterocycles. The van der Waals surface area contributed by atoms with Crippen molar-refractivity contribution >= 4 is 49.9 Å². The van der Waals surface area contributed by atoms with E-state index in [0.29, 0.717) is 22.7 Å². The Balaban J connectivity index is 1.78. The van der Waals surface area contributed by atoms with Crippen molar-refractivity contribution in [3.05, 3.63) is 80.9 Å². The molecule has 0 spiro atoms. The second-order valence-corrected chi connectivity index (χ2v) is 9.62. The van der Waals surface area contributed by atoms with E-state index in [1.165, 1.54) is 19.2 Å². The molecule has 30 heavy (non-hydrogen) atoms. The van der Waals surface area contributed by atoms with E-state index < -0.39 is 10.0 Å². The fourth-order valence-corrected chi connectivity index (χ4v) is 4.80. The first-order valence-corrected chi connectivity index (χ1v) is 11.6. The van der Waals surface area contributed by atoms with Crippen molar-refractivity contribution in [1.29, 1.82) is 0 Å². The second kappa shape index (κ2) is 9.05. The Bertz CT molecular complexity index is 1190. The Morgan fingerprint density at radius 2 is 1.57 bits per heavy atom. The van der Waals surface area contributed by atoms with E-state index in [0.717, 1.165) is 14.7 Å². The highest BCUT2D eigenvalue weighted by Crippen LogP contribution is 2.28. The van der Waals surface area contributed by atoms with Crippen molar-refractivity contribution < 1.29 is 17.9 Å². The molecule has 2 N–H and O–H groups in total. The number of anilines is 2. The summed E-state index contributed by atoms with van der Waals surface area (Å²) < 4.78 is 34.1. The average molecular weight is 536 g/mol. The van der Waals surface area contributed by atoms with E-state index in [2.05, 4.69) is 32.6 Å². The number of carbonyl (C=O) groups excluding carboxylic acids is 1. The zero-order valence-corrected chi connectivity index (χ0v) is 19.7. The molecule has 0 aliphatic rings. The maximum Gasteiger partial charge on any atom is 0.262 e. The third-order valence-electron chi connectivity index (χ3n) is 4.39. The largest absolute Gasteiger partial charge is 0.495 e. The van der Waals surface area contributed by atoms with Crippen LogP contribution in [0.4, 0.5) is 11.4 Å². The number of benzene rings is 3. The van der Waals surface area contributed by atoms with Gasteiger partial charge in [0.25, 0.3) is 15.9 Å². The summed E-state index contributed by atoms with van der Waals surface area (Å²) in [7, 11) is -2.33. The molecule has 0 heterocycles. The number of hydrogen-bond acceptors (Lipinski definition) is 4. The van der Waals surface area contributed by atoms with Gasteiger partial charge in [-0.2, -0.15) is 0 Å². The predicted octanol–water partition coefficient (Wildman–Crippen LogP) is 4.97. The van der Waals surface area contributed by atoms with Crippen LogP contribution in [0.25, 0.3) is 0 Å². The molecule has 8 heteroatoms. The van der Waals surface area contributed by atoms with Crippen molar-refractivity contribution in [2.75, 3.05) is 17.1 Å². The van der Waals surface area contributed by atoms with Gasteiger partial charge >= 0.3 is 0 Å². The van der Waals surface area contributed by atoms with E-state index in [1.807, 2.05) is 32.0 Å². The molecule has 0 saturated heterocycles. The van der Waals surface area contributed by atoms with Gasteiger partial charge in [0.1, 0.15) is 5.75 Å². The molecule has 6 nitrogen and oxygen atoms in total. The van der Waals surface area contributed by atoms with Gasteiger partial charge in [-0.3, -0.25) is 9.52 Å². The Labute approximate surface area is 189 Å². The maximum atomic E-state index is 12.8. The van der Waals surface area contributed by atoms with Crippen LogP contribution in [0.2, 0.25) is 0 Å². The van der Waals surface area contributed by atoms with Crippen LogP contribution in [0.3, 0.4) is 0 Å². The number of methoxy groups -OCH3 is 1. The fourth-order valence-electron chi connectivity index (χ4n) is 2.83. The highest BCUT2D eigenvalue weighted by Gasteiger charge is 2.17. The lowest BCUT2D eigenvalue weighted by atomic mass is 10.1. The number of carbonyl (C=O) groups is 1. The van der Waals surface area contributed by atoms with Gasteiger partial charge in [-0.05, 0) is 90.5 Å². The zero-order chi connectivity index (χ0) is 21.9. The normalized spacial score (nSPS) is 11.1. The lowest BCUT2D eigenvalue weighted by Crippen LogP contribution is -2.15. The molecule has 0 aromatic heterocycles. The topological polar surface area (TPSA) is 84.5 Å². The van der Waals surface area contributed by atoms with Gasteiger partial charge in [0.05, 0.1) is 23.3 Å². The van der Waals surface area contributed by atoms with Crippen molar-refractivity contribution in [3.63, 3.8) is 0 Å². The van der Waals surface area contributed by atoms with E-state index in [4.69, 9.17) is 4.74 Å². The van der Waals surface area contributed by atoms with Crippen LogP contribution >= 0.6 is 22.6 Å². The van der Waals surface area contributed by atoms with Gasteiger partial charge < -0.3 is 10.1 Å². The van der Waals surface area contributed by atoms with Crippen molar-refractivity contribution in [2.24, 2.45) is 0 Å². The number of nitrogens with one attached hydrogen (secondary N) is 2. The maximum absolute atomic E-state index is 12.8. The van der Waals surface area contributed by atoms with Crippen molar-refractivity contribution in [2.45, 2.75) is 18.7 Å². The number of rotatable bonds is 6. The summed E-state index contributed by atoms with van der Waals surface area (Å²) in [6.07, 6.45) is 0. The minimum Gasteiger partial charge on any atom is -0.495 e. The molecule has 0 fully saturated rings. The summed E-state index contributed by atoms with van der Waals surface area (Å²) in [4.78, 5) is 12.6. The number of aryl methyl sites for hydroxylation is 2. The van der Waals surface area contributed by atoms with Crippen molar-refractivity contribution in [1.82, 2.24) is 0 Å². The molecule has 0 unspecified atom stereocenters. The van der Waals surface area contributed by atoms with Crippen LogP contribution < -0.4 is 14.8 Å². The number of halogens is 1. The molecule has 0 bridgehead atoms. The quantitative estimate of drug-likeness (QED) is 0.436. The van der Waals surface area contributed by atoms with Crippen molar-refractivity contribution in [3.8, 4) is 5.75 Å². The van der Waals surface area contributed by atoms with Crippen LogP contribution in [0.5, 0.6) is 5.75 Å². The minimum absolute atomic E-state index is 0.0778. The van der Waals surface area contributed by atoms with Crippen LogP contribution in [-0.2, 0) is 10.0 Å². The Morgan fingerprint density at radius 3 is 2.20 bits per heavy atom. The molecule has 3 aromatic rings. The highest BCUT2D eigenvalue weighted by molar-refractivity contribution is 14.1. The lowest BCUT2D eigenvalue weighted by Gasteiger charge is -2.13. The molecule has 1 amide bonds. The van der Waals surface area contributed by atoms with Crippen LogP contribution in [-0.4, -0.2) is 21.4 Å². The summed E-state index contributed by atoms with van der Waals surface area (Å²) >= 11 is 2.12. The first-order valence-electron chi connectivity index (χ1n) is 9.04. The van der Waals surface area contributed by atoms with E-state index >= 15 is 0 Å². The summed E-state index contributed by atoms with van der Waals surface area (Å²) in [6, 6.07) is 16.8. The molecular weight excluding hydrogens is 515 g/mol. The minimum atomic E-state index is -3.82. The smallest absolute Gasteiger partial charge is 0.262 e. The van der Waals surface area contributed by atoms with E-state index in [1.54, 1.807) is 30.3 Å². The fraction of sp³-hybridized carbons (Fsp3) is 0.136. The number of hydrogen-bond donors (Lipinski definition) is 2. The molecule has 0 radical (unpaired) electrons. The standard InChI is InChI=1S/C22H21IN2O4S/c1-14-4-10-18(19(23)12-14)22(26)24-16-6-8-17(9-7-16)30(27,28)25-20-13-15(2)5-11-21(20)29-3/h4-13,25H,1-3H3,(H,24,26). The second-order valence-electron chi connectivity index (χ2n) is 6.77. The first-order chi connectivity index (χ1) is 14.2. The molecule has 3 rings (SSSR count). The SMILES string of the molecule is COc1ccc(C)cc1NS(=O)(=O)c1ccc(NC(=O)c2ccc(C)cc2I)cc1. The van der Waals surface area contributed by atoms with Gasteiger partial charge in [0.15, 0.2) is 0 Å². The summed E-state index contributed by atoms with van der Waals surface area (Å²) in [5.74, 6) is 0.179. The van der Waals surface area contributed by atoms with E-state index in [-0.39, 0.29) is 10.8 Å². The number of ether oxygens (including phenoxy) is 1. The van der Waals surface area contributed by atoms with Gasteiger partial charge in [0, 0.05) is 9.26 Å². The Kier molecular flexibility index (Phi) is 6.67. The molecule has 0 aliphatic carbocycles. The van der Waals surface area contributed by atoms with Crippen LogP contribution in [0.15, 0.2) is 65.6 Å². The molecule has 156 valence electrons. The Morgan fingerprint density at radius 1 is 0.933 bits per heavy atom. The zero-order valence-electron chi connectivity index (χ0n) is 16.7. The summed E-state index contributed by atoms with van der Waals surface area (Å²) in [6.45, 7) is 3.83. The predicted molar refractivity (Wildman–Crippen MR) is 127 cm³/mol. The molecular formula is C22H21IN2O4S. The third kappa shape index (κ3) is 5.11. The third-order valence-corrected chi connectivity index (χ3v) is 6.66. The van der Waals surface area contributed by atoms with Gasteiger partial charge in [-0.1, -0.05) is 17.7 Å². The van der Waals surface area contributed by atoms with E-state index in [9.17, 15) is 13.2 Å². The highest BCUT2D eigenvalue weighted by atomic mass is 127. The molecule has 0 saturated carbocycles.